The lowest BCUT2D eigenvalue weighted by Crippen LogP contribution is -2.37. The highest BCUT2D eigenvalue weighted by Gasteiger charge is 2.21. The van der Waals surface area contributed by atoms with Crippen molar-refractivity contribution in [2.75, 3.05) is 6.54 Å². The fourth-order valence-electron chi connectivity index (χ4n) is 2.01. The van der Waals surface area contributed by atoms with E-state index in [2.05, 4.69) is 35.2 Å². The van der Waals surface area contributed by atoms with Gasteiger partial charge in [0, 0.05) is 12.0 Å². The summed E-state index contributed by atoms with van der Waals surface area (Å²) in [6.07, 6.45) is 0. The summed E-state index contributed by atoms with van der Waals surface area (Å²) in [4.78, 5) is 16.7. The summed E-state index contributed by atoms with van der Waals surface area (Å²) in [6.45, 7) is 6.75. The monoisotopic (exact) mass is 258 g/mol. The molecule has 1 atom stereocenters. The average Bonchev–Trinajstić information content (AvgIpc) is 2.74. The largest absolute Gasteiger partial charge is 0.323 e. The second-order valence-corrected chi connectivity index (χ2v) is 5.46. The quantitative estimate of drug-likeness (QED) is 0.779. The van der Waals surface area contributed by atoms with Crippen LogP contribution in [0.2, 0.25) is 0 Å². The van der Waals surface area contributed by atoms with Crippen LogP contribution >= 0.6 is 0 Å². The molecule has 3 N–H and O–H groups in total. The van der Waals surface area contributed by atoms with Crippen LogP contribution in [0, 0.1) is 11.3 Å². The van der Waals surface area contributed by atoms with Crippen molar-refractivity contribution in [3.63, 3.8) is 0 Å². The number of fused-ring (bicyclic) bond motifs is 1. The summed E-state index contributed by atoms with van der Waals surface area (Å²) in [6, 6.07) is 7.87. The maximum absolute atomic E-state index is 11.2. The zero-order valence-electron chi connectivity index (χ0n) is 11.4. The number of benzene rings is 1. The van der Waals surface area contributed by atoms with Gasteiger partial charge in [-0.05, 0) is 24.6 Å². The maximum atomic E-state index is 11.2. The summed E-state index contributed by atoms with van der Waals surface area (Å²) >= 11 is 0. The summed E-state index contributed by atoms with van der Waals surface area (Å²) in [7, 11) is 0. The topological polar surface area (TPSA) is 84.5 Å². The molecule has 0 spiro atoms. The summed E-state index contributed by atoms with van der Waals surface area (Å²) in [5.74, 6) is 0. The Kier molecular flexibility index (Phi) is 3.45. The molecule has 1 unspecified atom stereocenters. The van der Waals surface area contributed by atoms with Crippen LogP contribution in [-0.4, -0.2) is 22.6 Å². The third-order valence-electron chi connectivity index (χ3n) is 3.34. The molecule has 0 saturated heterocycles. The number of H-pyrrole nitrogens is 2. The Morgan fingerprint density at radius 3 is 2.74 bits per heavy atom. The molecule has 0 fully saturated rings. The maximum Gasteiger partial charge on any atom is 0.323 e. The van der Waals surface area contributed by atoms with Gasteiger partial charge in [0.05, 0.1) is 23.1 Å². The molecule has 5 heteroatoms. The van der Waals surface area contributed by atoms with Crippen LogP contribution < -0.4 is 11.0 Å². The van der Waals surface area contributed by atoms with Crippen LogP contribution in [0.25, 0.3) is 11.0 Å². The van der Waals surface area contributed by atoms with Gasteiger partial charge in [0.25, 0.3) is 0 Å². The fraction of sp³-hybridized carbons (Fsp3) is 0.429. The number of aromatic nitrogens is 2. The van der Waals surface area contributed by atoms with E-state index in [1.54, 1.807) is 0 Å². The van der Waals surface area contributed by atoms with Crippen molar-refractivity contribution in [3.8, 4) is 6.07 Å². The molecule has 0 aliphatic rings. The van der Waals surface area contributed by atoms with Crippen molar-refractivity contribution >= 4 is 11.0 Å². The molecule has 0 amide bonds. The van der Waals surface area contributed by atoms with Crippen molar-refractivity contribution in [1.82, 2.24) is 15.3 Å². The molecule has 1 aromatic carbocycles. The predicted octanol–water partition coefficient (Wildman–Crippen LogP) is 1.64. The van der Waals surface area contributed by atoms with Crippen LogP contribution in [0.15, 0.2) is 23.0 Å². The Hall–Kier alpha value is -2.06. The van der Waals surface area contributed by atoms with Gasteiger partial charge in [-0.15, -0.1) is 0 Å². The standard InChI is InChI=1S/C14H18N4O/c1-9(7-15)16-8-14(2,3)10-4-5-11-12(6-10)18-13(19)17-11/h4-6,9,16H,8H2,1-3H3,(H2,17,18,19). The van der Waals surface area contributed by atoms with Gasteiger partial charge in [0.2, 0.25) is 0 Å². The zero-order chi connectivity index (χ0) is 14.0. The number of hydrogen-bond donors (Lipinski definition) is 3. The molecule has 2 aromatic rings. The molecule has 19 heavy (non-hydrogen) atoms. The van der Waals surface area contributed by atoms with Gasteiger partial charge in [0.15, 0.2) is 0 Å². The van der Waals surface area contributed by atoms with Gasteiger partial charge >= 0.3 is 5.69 Å². The van der Waals surface area contributed by atoms with Crippen molar-refractivity contribution in [3.05, 3.63) is 34.2 Å². The lowest BCUT2D eigenvalue weighted by Gasteiger charge is -2.26. The number of nitrogens with one attached hydrogen (secondary N) is 3. The highest BCUT2D eigenvalue weighted by Crippen LogP contribution is 2.24. The Morgan fingerprint density at radius 2 is 2.05 bits per heavy atom. The highest BCUT2D eigenvalue weighted by molar-refractivity contribution is 5.75. The Balaban J connectivity index is 2.26. The number of aromatic amines is 2. The first-order chi connectivity index (χ1) is 8.92. The Labute approximate surface area is 111 Å². The van der Waals surface area contributed by atoms with E-state index in [4.69, 9.17) is 5.26 Å². The summed E-state index contributed by atoms with van der Waals surface area (Å²) in [5.41, 5.74) is 2.42. The molecule has 0 radical (unpaired) electrons. The van der Waals surface area contributed by atoms with Crippen LogP contribution in [0.1, 0.15) is 26.3 Å². The second-order valence-electron chi connectivity index (χ2n) is 5.46. The molecule has 5 nitrogen and oxygen atoms in total. The van der Waals surface area contributed by atoms with Crippen molar-refractivity contribution < 1.29 is 0 Å². The molecule has 0 saturated carbocycles. The highest BCUT2D eigenvalue weighted by atomic mass is 16.1. The normalized spacial score (nSPS) is 13.4. The number of nitriles is 1. The minimum Gasteiger partial charge on any atom is -0.306 e. The fourth-order valence-corrected chi connectivity index (χ4v) is 2.01. The average molecular weight is 258 g/mol. The predicted molar refractivity (Wildman–Crippen MR) is 75.0 cm³/mol. The van der Waals surface area contributed by atoms with E-state index in [9.17, 15) is 4.79 Å². The number of imidazole rings is 1. The minimum absolute atomic E-state index is 0.118. The van der Waals surface area contributed by atoms with E-state index in [0.29, 0.717) is 6.54 Å². The van der Waals surface area contributed by atoms with Gasteiger partial charge in [-0.25, -0.2) is 4.79 Å². The molecule has 0 aliphatic heterocycles. The number of hydrogen-bond acceptors (Lipinski definition) is 3. The van der Waals surface area contributed by atoms with E-state index in [1.165, 1.54) is 0 Å². The molecular weight excluding hydrogens is 240 g/mol. The lowest BCUT2D eigenvalue weighted by molar-refractivity contribution is 0.457. The Bertz CT molecular complexity index is 675. The molecule has 2 rings (SSSR count). The third kappa shape index (κ3) is 2.85. The third-order valence-corrected chi connectivity index (χ3v) is 3.34. The van der Waals surface area contributed by atoms with E-state index in [-0.39, 0.29) is 17.1 Å². The summed E-state index contributed by atoms with van der Waals surface area (Å²) < 4.78 is 0. The van der Waals surface area contributed by atoms with Crippen molar-refractivity contribution in [2.24, 2.45) is 0 Å². The first kappa shape index (κ1) is 13.4. The first-order valence-corrected chi connectivity index (χ1v) is 6.28. The molecule has 0 bridgehead atoms. The van der Waals surface area contributed by atoms with Gasteiger partial charge in [-0.2, -0.15) is 5.26 Å². The van der Waals surface area contributed by atoms with E-state index in [1.807, 2.05) is 25.1 Å². The molecule has 1 heterocycles. The summed E-state index contributed by atoms with van der Waals surface area (Å²) in [5, 5.41) is 12.0. The van der Waals surface area contributed by atoms with E-state index >= 15 is 0 Å². The van der Waals surface area contributed by atoms with Crippen molar-refractivity contribution in [2.45, 2.75) is 32.2 Å². The second kappa shape index (κ2) is 4.90. The van der Waals surface area contributed by atoms with Crippen LogP contribution in [0.3, 0.4) is 0 Å². The Morgan fingerprint density at radius 1 is 1.37 bits per heavy atom. The molecular formula is C14H18N4O. The van der Waals surface area contributed by atoms with Crippen LogP contribution in [-0.2, 0) is 5.41 Å². The van der Waals surface area contributed by atoms with Gasteiger partial charge in [-0.3, -0.25) is 0 Å². The zero-order valence-corrected chi connectivity index (χ0v) is 11.4. The molecule has 100 valence electrons. The minimum atomic E-state index is -0.193. The van der Waals surface area contributed by atoms with Gasteiger partial charge in [0.1, 0.15) is 0 Å². The van der Waals surface area contributed by atoms with Crippen molar-refractivity contribution in [1.29, 1.82) is 5.26 Å². The lowest BCUT2D eigenvalue weighted by atomic mass is 9.84. The van der Waals surface area contributed by atoms with Gasteiger partial charge < -0.3 is 15.3 Å². The molecule has 1 aromatic heterocycles. The number of nitrogens with zero attached hydrogens (tertiary/aromatic N) is 1. The van der Waals surface area contributed by atoms with Crippen LogP contribution in [0.5, 0.6) is 0 Å². The van der Waals surface area contributed by atoms with E-state index < -0.39 is 0 Å². The van der Waals surface area contributed by atoms with E-state index in [0.717, 1.165) is 16.6 Å². The number of rotatable bonds is 4. The van der Waals surface area contributed by atoms with Crippen LogP contribution in [0.4, 0.5) is 0 Å². The first-order valence-electron chi connectivity index (χ1n) is 6.28. The molecule has 0 aliphatic carbocycles. The SMILES string of the molecule is CC(C#N)NCC(C)(C)c1ccc2[nH]c(=O)[nH]c2c1. The van der Waals surface area contributed by atoms with Gasteiger partial charge in [-0.1, -0.05) is 19.9 Å². The smallest absolute Gasteiger partial charge is 0.306 e.